The van der Waals surface area contributed by atoms with Gasteiger partial charge in [0.1, 0.15) is 0 Å². The van der Waals surface area contributed by atoms with Gasteiger partial charge in [0, 0.05) is 18.3 Å². The Hall–Kier alpha value is -2.01. The van der Waals surface area contributed by atoms with Crippen LogP contribution in [0.4, 0.5) is 13.2 Å². The van der Waals surface area contributed by atoms with Gasteiger partial charge in [0.05, 0.1) is 25.3 Å². The van der Waals surface area contributed by atoms with E-state index in [0.717, 1.165) is 6.20 Å². The van der Waals surface area contributed by atoms with E-state index in [1.807, 2.05) is 0 Å². The van der Waals surface area contributed by atoms with Gasteiger partial charge in [-0.15, -0.1) is 13.2 Å². The summed E-state index contributed by atoms with van der Waals surface area (Å²) < 4.78 is 45.6. The van der Waals surface area contributed by atoms with Gasteiger partial charge in [0.25, 0.3) is 0 Å². The van der Waals surface area contributed by atoms with Gasteiger partial charge < -0.3 is 15.2 Å². The molecule has 0 amide bonds. The van der Waals surface area contributed by atoms with E-state index in [9.17, 15) is 13.2 Å². The van der Waals surface area contributed by atoms with Crippen LogP contribution in [0.5, 0.6) is 11.5 Å². The van der Waals surface area contributed by atoms with Crippen LogP contribution in [0.3, 0.4) is 0 Å². The minimum atomic E-state index is -4.88. The largest absolute Gasteiger partial charge is 0.573 e. The normalized spacial score (nSPS) is 10.9. The van der Waals surface area contributed by atoms with Crippen LogP contribution in [0.15, 0.2) is 6.20 Å². The van der Waals surface area contributed by atoms with Crippen molar-refractivity contribution in [2.24, 2.45) is 5.73 Å². The Labute approximate surface area is 101 Å². The van der Waals surface area contributed by atoms with Gasteiger partial charge in [-0.25, -0.2) is 0 Å². The third-order valence-electron chi connectivity index (χ3n) is 2.02. The van der Waals surface area contributed by atoms with Gasteiger partial charge in [-0.2, -0.15) is 5.26 Å². The van der Waals surface area contributed by atoms with Crippen molar-refractivity contribution < 1.29 is 22.6 Å². The van der Waals surface area contributed by atoms with Crippen molar-refractivity contribution in [3.05, 3.63) is 17.5 Å². The molecule has 0 bridgehead atoms. The number of nitrogens with zero attached hydrogens (tertiary/aromatic N) is 2. The number of ether oxygens (including phenoxy) is 2. The van der Waals surface area contributed by atoms with Crippen LogP contribution >= 0.6 is 0 Å². The maximum atomic E-state index is 12.3. The Morgan fingerprint density at radius 1 is 1.44 bits per heavy atom. The van der Waals surface area contributed by atoms with Crippen molar-refractivity contribution >= 4 is 0 Å². The van der Waals surface area contributed by atoms with Crippen LogP contribution in [0.25, 0.3) is 0 Å². The number of nitrogens with two attached hydrogens (primary N) is 1. The quantitative estimate of drug-likeness (QED) is 0.888. The summed E-state index contributed by atoms with van der Waals surface area (Å²) in [5, 5.41) is 8.55. The maximum absolute atomic E-state index is 12.3. The molecule has 1 aromatic rings. The van der Waals surface area contributed by atoms with E-state index in [0.29, 0.717) is 0 Å². The molecule has 5 nitrogen and oxygen atoms in total. The first-order chi connectivity index (χ1) is 8.42. The molecular formula is C10H10F3N3O2. The second-order valence-electron chi connectivity index (χ2n) is 3.18. The zero-order valence-corrected chi connectivity index (χ0v) is 9.41. The van der Waals surface area contributed by atoms with Crippen molar-refractivity contribution in [3.63, 3.8) is 0 Å². The zero-order valence-electron chi connectivity index (χ0n) is 9.41. The third-order valence-corrected chi connectivity index (χ3v) is 2.02. The highest BCUT2D eigenvalue weighted by Crippen LogP contribution is 2.37. The smallest absolute Gasteiger partial charge is 0.491 e. The molecule has 0 saturated heterocycles. The monoisotopic (exact) mass is 261 g/mol. The molecule has 0 aliphatic carbocycles. The number of nitriles is 1. The van der Waals surface area contributed by atoms with Gasteiger partial charge in [-0.1, -0.05) is 0 Å². The summed E-state index contributed by atoms with van der Waals surface area (Å²) in [4.78, 5) is 3.83. The predicted molar refractivity (Wildman–Crippen MR) is 54.7 cm³/mol. The van der Waals surface area contributed by atoms with Crippen molar-refractivity contribution in [3.8, 4) is 17.6 Å². The van der Waals surface area contributed by atoms with Crippen LogP contribution in [0, 0.1) is 11.3 Å². The van der Waals surface area contributed by atoms with E-state index in [1.54, 1.807) is 6.07 Å². The van der Waals surface area contributed by atoms with E-state index in [1.165, 1.54) is 7.11 Å². The number of aromatic nitrogens is 1. The lowest BCUT2D eigenvalue weighted by atomic mass is 10.1. The van der Waals surface area contributed by atoms with Crippen LogP contribution in [0.2, 0.25) is 0 Å². The van der Waals surface area contributed by atoms with Crippen LogP contribution in [-0.4, -0.2) is 18.5 Å². The zero-order chi connectivity index (χ0) is 13.8. The van der Waals surface area contributed by atoms with E-state index < -0.39 is 12.1 Å². The first-order valence-electron chi connectivity index (χ1n) is 4.80. The molecule has 0 aliphatic heterocycles. The third kappa shape index (κ3) is 3.24. The van der Waals surface area contributed by atoms with Crippen LogP contribution < -0.4 is 15.2 Å². The van der Waals surface area contributed by atoms with E-state index in [-0.39, 0.29) is 30.0 Å². The molecule has 0 fully saturated rings. The fraction of sp³-hybridized carbons (Fsp3) is 0.400. The number of pyridine rings is 1. The van der Waals surface area contributed by atoms with Gasteiger partial charge in [-0.3, -0.25) is 4.98 Å². The summed E-state index contributed by atoms with van der Waals surface area (Å²) in [5.41, 5.74) is 5.45. The molecule has 0 aliphatic rings. The molecule has 1 rings (SSSR count). The van der Waals surface area contributed by atoms with Crippen LogP contribution in [0.1, 0.15) is 11.3 Å². The summed E-state index contributed by atoms with van der Waals surface area (Å²) in [7, 11) is 1.18. The first kappa shape index (κ1) is 14.1. The number of methoxy groups -OCH3 is 1. The summed E-state index contributed by atoms with van der Waals surface area (Å²) in [6.45, 7) is -0.107. The molecule has 0 saturated carbocycles. The van der Waals surface area contributed by atoms with E-state index in [2.05, 4.69) is 9.72 Å². The number of rotatable bonds is 4. The summed E-state index contributed by atoms with van der Waals surface area (Å²) in [6.07, 6.45) is -4.04. The SMILES string of the molecule is COc1c(CN)ncc(CC#N)c1OC(F)(F)F. The van der Waals surface area contributed by atoms with Gasteiger partial charge in [0.15, 0.2) is 11.5 Å². The molecule has 98 valence electrons. The number of alkyl halides is 3. The molecule has 8 heteroatoms. The Morgan fingerprint density at radius 3 is 2.56 bits per heavy atom. The molecule has 0 spiro atoms. The molecule has 0 radical (unpaired) electrons. The van der Waals surface area contributed by atoms with Crippen molar-refractivity contribution in [2.45, 2.75) is 19.3 Å². The number of hydrogen-bond acceptors (Lipinski definition) is 5. The minimum absolute atomic E-state index is 0.0103. The summed E-state index contributed by atoms with van der Waals surface area (Å²) in [6, 6.07) is 1.72. The lowest BCUT2D eigenvalue weighted by Gasteiger charge is -2.16. The maximum Gasteiger partial charge on any atom is 0.573 e. The number of hydrogen-bond donors (Lipinski definition) is 1. The fourth-order valence-electron chi connectivity index (χ4n) is 1.34. The Morgan fingerprint density at radius 2 is 2.11 bits per heavy atom. The standard InChI is InChI=1S/C10H10F3N3O2/c1-17-9-7(4-15)16-5-6(2-3-14)8(9)18-10(11,12)13/h5H,2,4,15H2,1H3. The second-order valence-corrected chi connectivity index (χ2v) is 3.18. The molecular weight excluding hydrogens is 251 g/mol. The molecule has 0 aromatic carbocycles. The van der Waals surface area contributed by atoms with Crippen LogP contribution in [-0.2, 0) is 13.0 Å². The van der Waals surface area contributed by atoms with Gasteiger partial charge in [0.2, 0.25) is 0 Å². The number of halogens is 3. The Kier molecular flexibility index (Phi) is 4.33. The summed E-state index contributed by atoms with van der Waals surface area (Å²) >= 11 is 0. The molecule has 1 heterocycles. The van der Waals surface area contributed by atoms with E-state index >= 15 is 0 Å². The highest BCUT2D eigenvalue weighted by molar-refractivity contribution is 5.49. The second kappa shape index (κ2) is 5.55. The molecule has 0 atom stereocenters. The van der Waals surface area contributed by atoms with Crippen molar-refractivity contribution in [1.29, 1.82) is 5.26 Å². The van der Waals surface area contributed by atoms with Crippen molar-refractivity contribution in [2.75, 3.05) is 7.11 Å². The van der Waals surface area contributed by atoms with Crippen molar-refractivity contribution in [1.82, 2.24) is 4.98 Å². The molecule has 2 N–H and O–H groups in total. The van der Waals surface area contributed by atoms with E-state index in [4.69, 9.17) is 15.7 Å². The molecule has 0 unspecified atom stereocenters. The summed E-state index contributed by atoms with van der Waals surface area (Å²) in [5.74, 6) is -0.774. The first-order valence-corrected chi connectivity index (χ1v) is 4.80. The van der Waals surface area contributed by atoms with Gasteiger partial charge >= 0.3 is 6.36 Å². The average molecular weight is 261 g/mol. The topological polar surface area (TPSA) is 81.2 Å². The lowest BCUT2D eigenvalue weighted by molar-refractivity contribution is -0.275. The van der Waals surface area contributed by atoms with Gasteiger partial charge in [-0.05, 0) is 0 Å². The predicted octanol–water partition coefficient (Wildman–Crippen LogP) is 1.51. The molecule has 18 heavy (non-hydrogen) atoms. The highest BCUT2D eigenvalue weighted by atomic mass is 19.4. The lowest BCUT2D eigenvalue weighted by Crippen LogP contribution is -2.19. The minimum Gasteiger partial charge on any atom is -0.491 e. The average Bonchev–Trinajstić information content (AvgIpc) is 2.29. The Balaban J connectivity index is 3.34. The fourth-order valence-corrected chi connectivity index (χ4v) is 1.34. The Bertz CT molecular complexity index is 469. The molecule has 1 aromatic heterocycles. The highest BCUT2D eigenvalue weighted by Gasteiger charge is 2.34.